The molecule has 0 aliphatic rings. The number of nitrogen functional groups attached to an aromatic ring is 1. The van der Waals surface area contributed by atoms with Crippen molar-refractivity contribution in [1.82, 2.24) is 0 Å². The maximum atomic E-state index is 12.3. The number of para-hydroxylation sites is 1. The van der Waals surface area contributed by atoms with Crippen LogP contribution in [0.5, 0.6) is 5.75 Å². The molecule has 110 valence electrons. The van der Waals surface area contributed by atoms with E-state index < -0.39 is 6.10 Å². The maximum Gasteiger partial charge on any atom is 0.265 e. The lowest BCUT2D eigenvalue weighted by atomic mass is 10.1. The minimum atomic E-state index is -0.534. The van der Waals surface area contributed by atoms with Gasteiger partial charge in [0.2, 0.25) is 0 Å². The van der Waals surface area contributed by atoms with Crippen LogP contribution < -0.4 is 15.8 Å². The number of nitrogens with two attached hydrogens (primary N) is 1. The fraction of sp³-hybridized carbons (Fsp3) is 0.235. The number of hydrogen-bond donors (Lipinski definition) is 2. The van der Waals surface area contributed by atoms with Crippen LogP contribution in [0.25, 0.3) is 0 Å². The van der Waals surface area contributed by atoms with Crippen molar-refractivity contribution in [3.05, 3.63) is 54.1 Å². The quantitative estimate of drug-likeness (QED) is 0.827. The van der Waals surface area contributed by atoms with Crippen molar-refractivity contribution in [2.45, 2.75) is 26.4 Å². The van der Waals surface area contributed by atoms with E-state index in [0.29, 0.717) is 17.9 Å². The van der Waals surface area contributed by atoms with Crippen molar-refractivity contribution >= 4 is 17.3 Å². The van der Waals surface area contributed by atoms with E-state index in [1.807, 2.05) is 62.4 Å². The molecular formula is C17H20N2O2. The summed E-state index contributed by atoms with van der Waals surface area (Å²) in [5, 5.41) is 2.88. The third-order valence-corrected chi connectivity index (χ3v) is 3.32. The van der Waals surface area contributed by atoms with E-state index in [0.717, 1.165) is 11.3 Å². The van der Waals surface area contributed by atoms with Crippen LogP contribution in [0.15, 0.2) is 48.5 Å². The zero-order chi connectivity index (χ0) is 15.2. The van der Waals surface area contributed by atoms with Crippen LogP contribution in [0.2, 0.25) is 0 Å². The molecule has 0 aliphatic carbocycles. The first-order valence-electron chi connectivity index (χ1n) is 6.99. The number of nitrogens with one attached hydrogen (secondary N) is 1. The van der Waals surface area contributed by atoms with Gasteiger partial charge in [0.05, 0.1) is 0 Å². The largest absolute Gasteiger partial charge is 0.481 e. The summed E-state index contributed by atoms with van der Waals surface area (Å²) < 4.78 is 5.72. The van der Waals surface area contributed by atoms with Gasteiger partial charge in [-0.25, -0.2) is 0 Å². The third-order valence-electron chi connectivity index (χ3n) is 3.32. The van der Waals surface area contributed by atoms with Gasteiger partial charge in [-0.05, 0) is 43.2 Å². The van der Waals surface area contributed by atoms with Gasteiger partial charge in [-0.15, -0.1) is 0 Å². The topological polar surface area (TPSA) is 64.3 Å². The van der Waals surface area contributed by atoms with E-state index in [-0.39, 0.29) is 5.91 Å². The summed E-state index contributed by atoms with van der Waals surface area (Å²) in [6.45, 7) is 3.79. The van der Waals surface area contributed by atoms with Gasteiger partial charge in [0.1, 0.15) is 5.75 Å². The molecule has 2 aromatic rings. The normalized spacial score (nSPS) is 11.7. The monoisotopic (exact) mass is 284 g/mol. The van der Waals surface area contributed by atoms with Gasteiger partial charge >= 0.3 is 0 Å². The van der Waals surface area contributed by atoms with E-state index in [9.17, 15) is 4.79 Å². The molecule has 2 aromatic carbocycles. The average molecular weight is 284 g/mol. The zero-order valence-electron chi connectivity index (χ0n) is 12.3. The molecule has 0 saturated heterocycles. The van der Waals surface area contributed by atoms with Crippen molar-refractivity contribution in [3.63, 3.8) is 0 Å². The smallest absolute Gasteiger partial charge is 0.265 e. The van der Waals surface area contributed by atoms with Crippen LogP contribution >= 0.6 is 0 Å². The third kappa shape index (κ3) is 3.75. The summed E-state index contributed by atoms with van der Waals surface area (Å²) in [6.07, 6.45) is 0.0514. The Bertz CT molecular complexity index is 611. The molecule has 21 heavy (non-hydrogen) atoms. The van der Waals surface area contributed by atoms with Crippen LogP contribution in [-0.2, 0) is 4.79 Å². The van der Waals surface area contributed by atoms with Gasteiger partial charge < -0.3 is 15.8 Å². The van der Waals surface area contributed by atoms with Crippen molar-refractivity contribution in [1.29, 1.82) is 0 Å². The standard InChI is InChI=1S/C17H20N2O2/c1-3-16(21-13-8-5-4-6-9-13)17(20)19-15-11-7-10-14(18)12(15)2/h4-11,16H,3,18H2,1-2H3,(H,19,20). The summed E-state index contributed by atoms with van der Waals surface area (Å²) in [5.41, 5.74) is 8.08. The summed E-state index contributed by atoms with van der Waals surface area (Å²) in [7, 11) is 0. The van der Waals surface area contributed by atoms with Crippen molar-refractivity contribution < 1.29 is 9.53 Å². The maximum absolute atomic E-state index is 12.3. The van der Waals surface area contributed by atoms with Gasteiger partial charge in [-0.3, -0.25) is 4.79 Å². The molecule has 1 amide bonds. The first kappa shape index (κ1) is 14.9. The summed E-state index contributed by atoms with van der Waals surface area (Å²) in [5.74, 6) is 0.513. The molecule has 0 heterocycles. The zero-order valence-corrected chi connectivity index (χ0v) is 12.3. The van der Waals surface area contributed by atoms with E-state index in [1.165, 1.54) is 0 Å². The number of carbonyl (C=O) groups is 1. The van der Waals surface area contributed by atoms with Gasteiger partial charge in [0, 0.05) is 11.4 Å². The second-order valence-electron chi connectivity index (χ2n) is 4.84. The Kier molecular flexibility index (Phi) is 4.82. The van der Waals surface area contributed by atoms with E-state index in [2.05, 4.69) is 5.32 Å². The van der Waals surface area contributed by atoms with E-state index in [4.69, 9.17) is 10.5 Å². The molecule has 4 heteroatoms. The van der Waals surface area contributed by atoms with E-state index in [1.54, 1.807) is 0 Å². The van der Waals surface area contributed by atoms with Gasteiger partial charge in [0.25, 0.3) is 5.91 Å². The Morgan fingerprint density at radius 2 is 1.90 bits per heavy atom. The summed E-state index contributed by atoms with van der Waals surface area (Å²) in [4.78, 5) is 12.3. The van der Waals surface area contributed by atoms with Gasteiger partial charge in [0.15, 0.2) is 6.10 Å². The number of carbonyl (C=O) groups excluding carboxylic acids is 1. The van der Waals surface area contributed by atoms with Gasteiger partial charge in [-0.2, -0.15) is 0 Å². The fourth-order valence-electron chi connectivity index (χ4n) is 1.99. The molecule has 3 N–H and O–H groups in total. The highest BCUT2D eigenvalue weighted by Crippen LogP contribution is 2.21. The molecule has 0 aliphatic heterocycles. The molecule has 1 atom stereocenters. The predicted molar refractivity (Wildman–Crippen MR) is 85.4 cm³/mol. The van der Waals surface area contributed by atoms with E-state index >= 15 is 0 Å². The van der Waals surface area contributed by atoms with Crippen LogP contribution in [0, 0.1) is 6.92 Å². The molecule has 0 aromatic heterocycles. The highest BCUT2D eigenvalue weighted by Gasteiger charge is 2.19. The molecule has 2 rings (SSSR count). The highest BCUT2D eigenvalue weighted by atomic mass is 16.5. The first-order chi connectivity index (χ1) is 10.1. The minimum Gasteiger partial charge on any atom is -0.481 e. The van der Waals surface area contributed by atoms with Crippen LogP contribution in [0.4, 0.5) is 11.4 Å². The number of benzene rings is 2. The second kappa shape index (κ2) is 6.79. The first-order valence-corrected chi connectivity index (χ1v) is 6.99. The lowest BCUT2D eigenvalue weighted by Gasteiger charge is -2.18. The average Bonchev–Trinajstić information content (AvgIpc) is 2.50. The molecule has 0 saturated carbocycles. The second-order valence-corrected chi connectivity index (χ2v) is 4.84. The Morgan fingerprint density at radius 1 is 1.19 bits per heavy atom. The lowest BCUT2D eigenvalue weighted by molar-refractivity contribution is -0.122. The van der Waals surface area contributed by atoms with Crippen molar-refractivity contribution in [2.24, 2.45) is 0 Å². The van der Waals surface area contributed by atoms with Crippen molar-refractivity contribution in [3.8, 4) is 5.75 Å². The minimum absolute atomic E-state index is 0.171. The Morgan fingerprint density at radius 3 is 2.57 bits per heavy atom. The predicted octanol–water partition coefficient (Wildman–Crippen LogP) is 3.37. The molecule has 1 unspecified atom stereocenters. The molecule has 0 bridgehead atoms. The van der Waals surface area contributed by atoms with Crippen LogP contribution in [-0.4, -0.2) is 12.0 Å². The number of anilines is 2. The summed E-state index contributed by atoms with van der Waals surface area (Å²) in [6, 6.07) is 14.8. The van der Waals surface area contributed by atoms with Crippen LogP contribution in [0.3, 0.4) is 0 Å². The van der Waals surface area contributed by atoms with Gasteiger partial charge in [-0.1, -0.05) is 31.2 Å². The Hall–Kier alpha value is -2.49. The Balaban J connectivity index is 2.08. The van der Waals surface area contributed by atoms with Crippen molar-refractivity contribution in [2.75, 3.05) is 11.1 Å². The molecule has 0 radical (unpaired) electrons. The van der Waals surface area contributed by atoms with Crippen LogP contribution in [0.1, 0.15) is 18.9 Å². The molecule has 0 fully saturated rings. The number of ether oxygens (including phenoxy) is 1. The molecular weight excluding hydrogens is 264 g/mol. The SMILES string of the molecule is CCC(Oc1ccccc1)C(=O)Nc1cccc(N)c1C. The Labute approximate surface area is 124 Å². The summed E-state index contributed by atoms with van der Waals surface area (Å²) >= 11 is 0. The molecule has 0 spiro atoms. The number of amides is 1. The molecule has 4 nitrogen and oxygen atoms in total. The number of hydrogen-bond acceptors (Lipinski definition) is 3. The highest BCUT2D eigenvalue weighted by molar-refractivity contribution is 5.95. The number of rotatable bonds is 5. The fourth-order valence-corrected chi connectivity index (χ4v) is 1.99. The lowest BCUT2D eigenvalue weighted by Crippen LogP contribution is -2.32.